The molecular formula is C13H17FN2O2S. The van der Waals surface area contributed by atoms with Crippen LogP contribution in [-0.4, -0.2) is 32.0 Å². The second-order valence-corrected chi connectivity index (χ2v) is 5.35. The van der Waals surface area contributed by atoms with Gasteiger partial charge in [0.1, 0.15) is 5.82 Å². The Morgan fingerprint density at radius 2 is 2.42 bits per heavy atom. The van der Waals surface area contributed by atoms with E-state index in [-0.39, 0.29) is 17.9 Å². The third-order valence-electron chi connectivity index (χ3n) is 2.92. The van der Waals surface area contributed by atoms with Gasteiger partial charge in [-0.2, -0.15) is 0 Å². The Hall–Kier alpha value is -1.27. The molecule has 0 aromatic heterocycles. The van der Waals surface area contributed by atoms with Gasteiger partial charge in [-0.1, -0.05) is 12.1 Å². The molecule has 2 amide bonds. The lowest BCUT2D eigenvalue weighted by atomic mass is 10.0. The number of carbonyl (C=O) groups is 1. The first kappa shape index (κ1) is 14.1. The molecule has 1 atom stereocenters. The van der Waals surface area contributed by atoms with E-state index in [2.05, 4.69) is 10.6 Å². The lowest BCUT2D eigenvalue weighted by Crippen LogP contribution is -2.40. The van der Waals surface area contributed by atoms with Gasteiger partial charge in [-0.15, -0.1) is 11.8 Å². The van der Waals surface area contributed by atoms with Gasteiger partial charge < -0.3 is 15.4 Å². The number of ether oxygens (including phenoxy) is 1. The lowest BCUT2D eigenvalue weighted by molar-refractivity contribution is 0.195. The number of urea groups is 1. The Morgan fingerprint density at radius 3 is 3.21 bits per heavy atom. The molecule has 0 spiro atoms. The van der Waals surface area contributed by atoms with E-state index < -0.39 is 0 Å². The van der Waals surface area contributed by atoms with E-state index in [0.29, 0.717) is 18.0 Å². The molecule has 104 valence electrons. The summed E-state index contributed by atoms with van der Waals surface area (Å²) in [4.78, 5) is 12.4. The molecule has 1 aliphatic heterocycles. The molecule has 0 radical (unpaired) electrons. The average Bonchev–Trinajstić information content (AvgIpc) is 2.40. The van der Waals surface area contributed by atoms with Crippen LogP contribution in [0.5, 0.6) is 0 Å². The zero-order chi connectivity index (χ0) is 13.7. The summed E-state index contributed by atoms with van der Waals surface area (Å²) < 4.78 is 18.5. The summed E-state index contributed by atoms with van der Waals surface area (Å²) >= 11 is 1.50. The second kappa shape index (κ2) is 6.77. The van der Waals surface area contributed by atoms with Gasteiger partial charge in [0.25, 0.3) is 0 Å². The number of halogens is 1. The van der Waals surface area contributed by atoms with Gasteiger partial charge in [0.15, 0.2) is 0 Å². The highest BCUT2D eigenvalue weighted by Gasteiger charge is 2.24. The second-order valence-electron chi connectivity index (χ2n) is 4.24. The molecule has 2 N–H and O–H groups in total. The minimum atomic E-state index is -0.246. The standard InChI is InChI=1S/C13H17FN2O2S/c1-18-7-6-15-13(17)16-11-5-8-19-12-9(11)3-2-4-10(12)14/h2-4,11H,5-8H2,1H3,(H2,15,16,17). The van der Waals surface area contributed by atoms with E-state index in [9.17, 15) is 9.18 Å². The number of fused-ring (bicyclic) bond motifs is 1. The van der Waals surface area contributed by atoms with Crippen molar-refractivity contribution in [2.24, 2.45) is 0 Å². The number of rotatable bonds is 4. The molecule has 1 aliphatic rings. The fourth-order valence-corrected chi connectivity index (χ4v) is 3.15. The third kappa shape index (κ3) is 3.61. The number of methoxy groups -OCH3 is 1. The summed E-state index contributed by atoms with van der Waals surface area (Å²) in [5, 5.41) is 5.58. The van der Waals surface area contributed by atoms with Crippen LogP contribution in [0.4, 0.5) is 9.18 Å². The smallest absolute Gasteiger partial charge is 0.315 e. The Morgan fingerprint density at radius 1 is 1.58 bits per heavy atom. The number of amides is 2. The molecule has 4 nitrogen and oxygen atoms in total. The minimum absolute atomic E-state index is 0.130. The SMILES string of the molecule is COCCNC(=O)NC1CCSc2c(F)cccc21. The van der Waals surface area contributed by atoms with Crippen LogP contribution in [0, 0.1) is 5.82 Å². The molecule has 1 aromatic carbocycles. The van der Waals surface area contributed by atoms with Crippen molar-refractivity contribution in [1.29, 1.82) is 0 Å². The zero-order valence-corrected chi connectivity index (χ0v) is 11.6. The first-order chi connectivity index (χ1) is 9.22. The van der Waals surface area contributed by atoms with Gasteiger partial charge in [-0.25, -0.2) is 9.18 Å². The van der Waals surface area contributed by atoms with E-state index in [1.807, 2.05) is 6.07 Å². The van der Waals surface area contributed by atoms with Gasteiger partial charge >= 0.3 is 6.03 Å². The third-order valence-corrected chi connectivity index (χ3v) is 4.08. The summed E-state index contributed by atoms with van der Waals surface area (Å²) in [6, 6.07) is 4.62. The zero-order valence-electron chi connectivity index (χ0n) is 10.7. The van der Waals surface area contributed by atoms with Crippen molar-refractivity contribution < 1.29 is 13.9 Å². The number of nitrogens with one attached hydrogen (secondary N) is 2. The molecule has 6 heteroatoms. The van der Waals surface area contributed by atoms with Crippen LogP contribution in [0.1, 0.15) is 18.0 Å². The molecule has 1 unspecified atom stereocenters. The van der Waals surface area contributed by atoms with Crippen LogP contribution >= 0.6 is 11.8 Å². The molecule has 1 aromatic rings. The first-order valence-electron chi connectivity index (χ1n) is 6.17. The van der Waals surface area contributed by atoms with E-state index in [1.165, 1.54) is 17.8 Å². The van der Waals surface area contributed by atoms with Gasteiger partial charge in [-0.05, 0) is 18.1 Å². The summed E-state index contributed by atoms with van der Waals surface area (Å²) in [6.07, 6.45) is 0.804. The predicted octanol–water partition coefficient (Wildman–Crippen LogP) is 2.31. The molecular weight excluding hydrogens is 267 g/mol. The molecule has 0 bridgehead atoms. The molecule has 0 aliphatic carbocycles. The molecule has 2 rings (SSSR count). The number of carbonyl (C=O) groups excluding carboxylic acids is 1. The molecule has 19 heavy (non-hydrogen) atoms. The topological polar surface area (TPSA) is 50.4 Å². The Balaban J connectivity index is 1.99. The molecule has 0 saturated heterocycles. The van der Waals surface area contributed by atoms with Crippen molar-refractivity contribution in [1.82, 2.24) is 10.6 Å². The van der Waals surface area contributed by atoms with Gasteiger partial charge in [0, 0.05) is 24.3 Å². The van der Waals surface area contributed by atoms with Crippen molar-refractivity contribution in [2.75, 3.05) is 26.0 Å². The van der Waals surface area contributed by atoms with Crippen molar-refractivity contribution in [2.45, 2.75) is 17.4 Å². The van der Waals surface area contributed by atoms with Crippen molar-refractivity contribution in [3.05, 3.63) is 29.6 Å². The lowest BCUT2D eigenvalue weighted by Gasteiger charge is -2.26. The molecule has 1 heterocycles. The number of hydrogen-bond donors (Lipinski definition) is 2. The van der Waals surface area contributed by atoms with Crippen LogP contribution in [0.25, 0.3) is 0 Å². The average molecular weight is 284 g/mol. The van der Waals surface area contributed by atoms with Crippen molar-refractivity contribution in [3.63, 3.8) is 0 Å². The highest BCUT2D eigenvalue weighted by molar-refractivity contribution is 7.99. The largest absolute Gasteiger partial charge is 0.383 e. The fourth-order valence-electron chi connectivity index (χ4n) is 2.01. The monoisotopic (exact) mass is 284 g/mol. The first-order valence-corrected chi connectivity index (χ1v) is 7.15. The quantitative estimate of drug-likeness (QED) is 0.834. The van der Waals surface area contributed by atoms with E-state index in [0.717, 1.165) is 17.7 Å². The van der Waals surface area contributed by atoms with Crippen molar-refractivity contribution >= 4 is 17.8 Å². The van der Waals surface area contributed by atoms with Gasteiger partial charge in [0.05, 0.1) is 12.6 Å². The number of hydrogen-bond acceptors (Lipinski definition) is 3. The summed E-state index contributed by atoms with van der Waals surface area (Å²) in [5.74, 6) is 0.588. The normalized spacial score (nSPS) is 17.7. The minimum Gasteiger partial charge on any atom is -0.383 e. The summed E-state index contributed by atoms with van der Waals surface area (Å²) in [7, 11) is 1.58. The maximum atomic E-state index is 13.7. The van der Waals surface area contributed by atoms with Crippen LogP contribution in [0.3, 0.4) is 0 Å². The summed E-state index contributed by atoms with van der Waals surface area (Å²) in [5.41, 5.74) is 0.859. The van der Waals surface area contributed by atoms with E-state index in [1.54, 1.807) is 13.2 Å². The number of thioether (sulfide) groups is 1. The highest BCUT2D eigenvalue weighted by Crippen LogP contribution is 2.37. The van der Waals surface area contributed by atoms with Crippen LogP contribution in [-0.2, 0) is 4.74 Å². The van der Waals surface area contributed by atoms with Crippen LogP contribution < -0.4 is 10.6 Å². The summed E-state index contributed by atoms with van der Waals surface area (Å²) in [6.45, 7) is 0.930. The van der Waals surface area contributed by atoms with E-state index in [4.69, 9.17) is 4.74 Å². The number of benzene rings is 1. The van der Waals surface area contributed by atoms with Crippen molar-refractivity contribution in [3.8, 4) is 0 Å². The molecule has 0 saturated carbocycles. The highest BCUT2D eigenvalue weighted by atomic mass is 32.2. The Labute approximate surface area is 116 Å². The Bertz CT molecular complexity index is 456. The maximum absolute atomic E-state index is 13.7. The van der Waals surface area contributed by atoms with Crippen LogP contribution in [0.2, 0.25) is 0 Å². The Kier molecular flexibility index (Phi) is 5.04. The molecule has 0 fully saturated rings. The van der Waals surface area contributed by atoms with Gasteiger partial charge in [0.2, 0.25) is 0 Å². The maximum Gasteiger partial charge on any atom is 0.315 e. The fraction of sp³-hybridized carbons (Fsp3) is 0.462. The van der Waals surface area contributed by atoms with Gasteiger partial charge in [-0.3, -0.25) is 0 Å². The van der Waals surface area contributed by atoms with Crippen LogP contribution in [0.15, 0.2) is 23.1 Å². The predicted molar refractivity (Wildman–Crippen MR) is 72.9 cm³/mol. The van der Waals surface area contributed by atoms with E-state index >= 15 is 0 Å².